The number of benzene rings is 1. The highest BCUT2D eigenvalue weighted by Gasteiger charge is 2.45. The molecule has 0 aliphatic carbocycles. The van der Waals surface area contributed by atoms with Crippen LogP contribution in [0.15, 0.2) is 44.9 Å². The minimum Gasteiger partial charge on any atom is -0.462 e. The molecule has 1 aromatic heterocycles. The molecule has 2 aromatic rings. The van der Waals surface area contributed by atoms with E-state index >= 15 is 0 Å². The Morgan fingerprint density at radius 1 is 1.22 bits per heavy atom. The first-order valence-electron chi connectivity index (χ1n) is 10.6. The zero-order chi connectivity index (χ0) is 27.4. The highest BCUT2D eigenvalue weighted by molar-refractivity contribution is 7.85. The van der Waals surface area contributed by atoms with Crippen LogP contribution in [0.4, 0.5) is 4.39 Å². The molecule has 200 valence electrons. The number of carbonyl (C=O) groups excluding carboxylic acids is 1. The Hall–Kier alpha value is -2.95. The van der Waals surface area contributed by atoms with Crippen molar-refractivity contribution in [2.45, 2.75) is 56.2 Å². The lowest BCUT2D eigenvalue weighted by molar-refractivity contribution is -0.152. The third-order valence-electron chi connectivity index (χ3n) is 5.23. The Kier molecular flexibility index (Phi) is 9.64. The van der Waals surface area contributed by atoms with Crippen molar-refractivity contribution >= 4 is 16.1 Å². The molecule has 13 nitrogen and oxygen atoms in total. The van der Waals surface area contributed by atoms with Crippen molar-refractivity contribution in [1.82, 2.24) is 9.55 Å². The molecule has 36 heavy (non-hydrogen) atoms. The topological polar surface area (TPSA) is 211 Å². The number of esters is 1. The van der Waals surface area contributed by atoms with Crippen molar-refractivity contribution in [3.63, 3.8) is 0 Å². The van der Waals surface area contributed by atoms with Crippen LogP contribution in [0.3, 0.4) is 0 Å². The lowest BCUT2D eigenvalue weighted by atomic mass is 10.1. The van der Waals surface area contributed by atoms with Gasteiger partial charge in [-0.05, 0) is 25.0 Å². The lowest BCUT2D eigenvalue weighted by Crippen LogP contribution is -2.40. The van der Waals surface area contributed by atoms with Crippen LogP contribution in [0.1, 0.15) is 25.6 Å². The number of nitrogens with two attached hydrogens (primary N) is 1. The summed E-state index contributed by atoms with van der Waals surface area (Å²) in [4.78, 5) is 36.2. The van der Waals surface area contributed by atoms with Crippen molar-refractivity contribution in [3.8, 4) is 0 Å². The highest BCUT2D eigenvalue weighted by Crippen LogP contribution is 2.28. The van der Waals surface area contributed by atoms with Crippen molar-refractivity contribution in [1.29, 1.82) is 0 Å². The minimum atomic E-state index is -4.02. The first kappa shape index (κ1) is 29.3. The highest BCUT2D eigenvalue weighted by atomic mass is 32.2. The molecule has 1 fully saturated rings. The quantitative estimate of drug-likeness (QED) is 0.226. The molecule has 1 aliphatic rings. The van der Waals surface area contributed by atoms with Gasteiger partial charge in [0.05, 0.1) is 11.1 Å². The molecule has 0 spiro atoms. The molecule has 1 saturated heterocycles. The second-order valence-corrected chi connectivity index (χ2v) is 9.80. The summed E-state index contributed by atoms with van der Waals surface area (Å²) in [6.45, 7) is 4.87. The van der Waals surface area contributed by atoms with Crippen LogP contribution < -0.4 is 17.0 Å². The summed E-state index contributed by atoms with van der Waals surface area (Å²) in [5.41, 5.74) is 4.34. The van der Waals surface area contributed by atoms with Crippen LogP contribution in [-0.2, 0) is 24.4 Å². The number of aliphatic hydroxyl groups excluding tert-OH is 2. The fraction of sp³-hybridized carbons (Fsp3) is 0.476. The van der Waals surface area contributed by atoms with Crippen LogP contribution in [-0.4, -0.2) is 69.7 Å². The predicted molar refractivity (Wildman–Crippen MR) is 122 cm³/mol. The maximum atomic E-state index is 13.4. The SMILES string of the molecule is CC(C)[C@H](N)C(=O)OC[C@H]1O[C@@H](n2cc(F)c(=O)[nH]c2=O)[C@H](O)[C@@H]1O.Cc1ccc(S(=O)(=O)O)cc1. The minimum absolute atomic E-state index is 0.0666. The summed E-state index contributed by atoms with van der Waals surface area (Å²) in [6.07, 6.45) is -5.17. The standard InChI is InChI=1S/C14H20FN3O7.C7H8O3S/c1-5(2)8(16)13(22)24-4-7-9(19)10(20)12(25-7)18-3-6(15)11(21)17-14(18)23;1-6-2-4-7(5-3-6)11(8,9)10/h3,5,7-10,12,19-20H,4,16H2,1-2H3,(H,17,21,23);2-5H,1H3,(H,8,9,10)/t7-,8+,9-,10-,12-;/m1./s1. The number of H-pyrrole nitrogens is 1. The number of aromatic amines is 1. The van der Waals surface area contributed by atoms with Gasteiger partial charge in [0, 0.05) is 0 Å². The Balaban J connectivity index is 0.000000346. The largest absolute Gasteiger partial charge is 0.462 e. The monoisotopic (exact) mass is 533 g/mol. The van der Waals surface area contributed by atoms with Crippen LogP contribution in [0.25, 0.3) is 0 Å². The van der Waals surface area contributed by atoms with Gasteiger partial charge in [0.2, 0.25) is 5.82 Å². The number of rotatable bonds is 6. The first-order chi connectivity index (χ1) is 16.6. The average molecular weight is 534 g/mol. The van der Waals surface area contributed by atoms with Gasteiger partial charge >= 0.3 is 11.7 Å². The second kappa shape index (κ2) is 11.9. The Morgan fingerprint density at radius 3 is 2.33 bits per heavy atom. The van der Waals surface area contributed by atoms with Gasteiger partial charge in [0.25, 0.3) is 15.7 Å². The number of aromatic nitrogens is 2. The molecule has 0 amide bonds. The number of hydrogen-bond acceptors (Lipinski definition) is 10. The maximum Gasteiger partial charge on any atom is 0.330 e. The normalized spacial score (nSPS) is 22.6. The van der Waals surface area contributed by atoms with E-state index in [2.05, 4.69) is 0 Å². The zero-order valence-electron chi connectivity index (χ0n) is 19.6. The number of carbonyl (C=O) groups is 1. The first-order valence-corrected chi connectivity index (χ1v) is 12.1. The fourth-order valence-electron chi connectivity index (χ4n) is 2.99. The number of aliphatic hydroxyl groups is 2. The molecule has 15 heteroatoms. The molecule has 5 atom stereocenters. The van der Waals surface area contributed by atoms with Crippen molar-refractivity contribution in [2.75, 3.05) is 6.61 Å². The number of aryl methyl sites for hydroxylation is 1. The van der Waals surface area contributed by atoms with Gasteiger partial charge in [0.15, 0.2) is 6.23 Å². The van der Waals surface area contributed by atoms with E-state index in [4.69, 9.17) is 19.8 Å². The van der Waals surface area contributed by atoms with E-state index < -0.39 is 70.3 Å². The second-order valence-electron chi connectivity index (χ2n) is 8.38. The molecule has 0 radical (unpaired) electrons. The van der Waals surface area contributed by atoms with Gasteiger partial charge in [-0.3, -0.25) is 23.7 Å². The van der Waals surface area contributed by atoms with E-state index in [-0.39, 0.29) is 10.8 Å². The number of ether oxygens (including phenoxy) is 2. The summed E-state index contributed by atoms with van der Waals surface area (Å²) in [5.74, 6) is -2.14. The number of nitrogens with one attached hydrogen (secondary N) is 1. The van der Waals surface area contributed by atoms with Gasteiger partial charge in [-0.2, -0.15) is 12.8 Å². The lowest BCUT2D eigenvalue weighted by Gasteiger charge is -2.18. The zero-order valence-corrected chi connectivity index (χ0v) is 20.4. The van der Waals surface area contributed by atoms with Crippen LogP contribution in [0.2, 0.25) is 0 Å². The summed E-state index contributed by atoms with van der Waals surface area (Å²) in [5, 5.41) is 20.0. The molecule has 6 N–H and O–H groups in total. The predicted octanol–water partition coefficient (Wildman–Crippen LogP) is -0.937. The molecule has 0 saturated carbocycles. The van der Waals surface area contributed by atoms with Crippen LogP contribution in [0, 0.1) is 18.7 Å². The Bertz CT molecular complexity index is 1280. The summed E-state index contributed by atoms with van der Waals surface area (Å²) in [6, 6.07) is 5.12. The van der Waals surface area contributed by atoms with Crippen molar-refractivity contribution < 1.29 is 41.8 Å². The van der Waals surface area contributed by atoms with E-state index in [0.29, 0.717) is 10.8 Å². The average Bonchev–Trinajstić information content (AvgIpc) is 3.07. The number of hydrogen-bond donors (Lipinski definition) is 5. The van der Waals surface area contributed by atoms with E-state index in [1.807, 2.05) is 6.92 Å². The molecule has 0 unspecified atom stereocenters. The third-order valence-corrected chi connectivity index (χ3v) is 6.10. The number of nitrogens with zero attached hydrogens (tertiary/aromatic N) is 1. The molecule has 3 rings (SSSR count). The summed E-state index contributed by atoms with van der Waals surface area (Å²) >= 11 is 0. The maximum absolute atomic E-state index is 13.4. The summed E-state index contributed by atoms with van der Waals surface area (Å²) in [7, 11) is -4.02. The van der Waals surface area contributed by atoms with E-state index in [9.17, 15) is 37.4 Å². The van der Waals surface area contributed by atoms with Gasteiger partial charge in [0.1, 0.15) is 31.0 Å². The molecule has 1 aromatic carbocycles. The smallest absolute Gasteiger partial charge is 0.330 e. The molecule has 0 bridgehead atoms. The van der Waals surface area contributed by atoms with E-state index in [1.54, 1.807) is 31.0 Å². The molecule has 1 aliphatic heterocycles. The fourth-order valence-corrected chi connectivity index (χ4v) is 3.47. The van der Waals surface area contributed by atoms with Gasteiger partial charge in [-0.15, -0.1) is 0 Å². The molecule has 2 heterocycles. The number of halogens is 1. The van der Waals surface area contributed by atoms with Crippen LogP contribution in [0.5, 0.6) is 0 Å². The van der Waals surface area contributed by atoms with Gasteiger partial charge < -0.3 is 25.4 Å². The van der Waals surface area contributed by atoms with E-state index in [1.165, 1.54) is 12.1 Å². The van der Waals surface area contributed by atoms with Crippen LogP contribution >= 0.6 is 0 Å². The summed E-state index contributed by atoms with van der Waals surface area (Å²) < 4.78 is 53.8. The van der Waals surface area contributed by atoms with Crippen molar-refractivity contribution in [3.05, 3.63) is 62.7 Å². The Morgan fingerprint density at radius 2 is 1.81 bits per heavy atom. The Labute approximate surface area is 205 Å². The molecular formula is C21H28FN3O10S. The van der Waals surface area contributed by atoms with Gasteiger partial charge in [-0.1, -0.05) is 31.5 Å². The molecular weight excluding hydrogens is 505 g/mol. The van der Waals surface area contributed by atoms with Crippen molar-refractivity contribution in [2.24, 2.45) is 11.7 Å². The van der Waals surface area contributed by atoms with E-state index in [0.717, 1.165) is 5.56 Å². The third kappa shape index (κ3) is 7.28. The van der Waals surface area contributed by atoms with Gasteiger partial charge in [-0.25, -0.2) is 4.79 Å².